The van der Waals surface area contributed by atoms with Gasteiger partial charge >= 0.3 is 0 Å². The third kappa shape index (κ3) is 4.68. The molecule has 2 aromatic heterocycles. The normalized spacial score (nSPS) is 21.1. The van der Waals surface area contributed by atoms with E-state index in [-0.39, 0.29) is 12.0 Å². The standard InChI is InChI=1S/C29H33ClN8/c1-16-11-24-22(15-34-37-24)27(28(16)30)26(29(32)19-5-8-25-20(12-19)14-35-38(25)4)17(2)36-21-6-7-23(33-3)18(13-21)9-10-31/h5,8,11-12,14-15,18,21,23,33H,6-7,9,13,32H2,1-4H3,(H,34,37)/b29-26+,36-17?. The first-order valence-electron chi connectivity index (χ1n) is 13.0. The maximum Gasteiger partial charge on any atom is 0.0679 e. The van der Waals surface area contributed by atoms with Gasteiger partial charge in [0.25, 0.3) is 0 Å². The molecule has 0 radical (unpaired) electrons. The molecule has 5 rings (SSSR count). The van der Waals surface area contributed by atoms with Crippen molar-refractivity contribution in [3.63, 3.8) is 0 Å². The van der Waals surface area contributed by atoms with Crippen molar-refractivity contribution in [2.75, 3.05) is 7.05 Å². The first kappa shape index (κ1) is 26.0. The number of fused-ring (bicyclic) bond motifs is 2. The van der Waals surface area contributed by atoms with E-state index >= 15 is 0 Å². The Hall–Kier alpha value is -3.67. The number of nitrogens with one attached hydrogen (secondary N) is 2. The molecule has 8 nitrogen and oxygen atoms in total. The molecule has 2 aromatic carbocycles. The Morgan fingerprint density at radius 2 is 2.13 bits per heavy atom. The number of hydrogen-bond donors (Lipinski definition) is 3. The van der Waals surface area contributed by atoms with Crippen LogP contribution in [-0.2, 0) is 7.05 Å². The average molecular weight is 529 g/mol. The summed E-state index contributed by atoms with van der Waals surface area (Å²) in [5.41, 5.74) is 13.8. The third-order valence-corrected chi connectivity index (χ3v) is 8.35. The number of aryl methyl sites for hydroxylation is 2. The first-order valence-corrected chi connectivity index (χ1v) is 13.3. The van der Waals surface area contributed by atoms with E-state index in [2.05, 4.69) is 32.7 Å². The van der Waals surface area contributed by atoms with Crippen LogP contribution in [0.1, 0.15) is 49.3 Å². The Morgan fingerprint density at radius 1 is 1.32 bits per heavy atom. The summed E-state index contributed by atoms with van der Waals surface area (Å²) in [5.74, 6) is 0.265. The molecule has 1 fully saturated rings. The lowest BCUT2D eigenvalue weighted by Crippen LogP contribution is -2.39. The Morgan fingerprint density at radius 3 is 2.89 bits per heavy atom. The molecule has 4 N–H and O–H groups in total. The molecule has 1 aliphatic rings. The maximum absolute atomic E-state index is 9.38. The third-order valence-electron chi connectivity index (χ3n) is 7.86. The lowest BCUT2D eigenvalue weighted by atomic mass is 9.80. The lowest BCUT2D eigenvalue weighted by Gasteiger charge is -2.33. The van der Waals surface area contributed by atoms with Crippen molar-refractivity contribution in [2.24, 2.45) is 23.7 Å². The van der Waals surface area contributed by atoms with E-state index < -0.39 is 0 Å². The molecule has 0 aliphatic heterocycles. The molecule has 1 aliphatic carbocycles. The molecule has 0 spiro atoms. The molecule has 0 bridgehead atoms. The molecule has 196 valence electrons. The van der Waals surface area contributed by atoms with Gasteiger partial charge in [0.1, 0.15) is 0 Å². The van der Waals surface area contributed by atoms with E-state index in [4.69, 9.17) is 22.3 Å². The maximum atomic E-state index is 9.38. The quantitative estimate of drug-likeness (QED) is 0.229. The van der Waals surface area contributed by atoms with Crippen LogP contribution in [0.15, 0.2) is 41.7 Å². The minimum Gasteiger partial charge on any atom is -0.398 e. The summed E-state index contributed by atoms with van der Waals surface area (Å²) in [5, 5.41) is 27.1. The Kier molecular flexibility index (Phi) is 7.24. The molecule has 0 amide bonds. The second-order valence-corrected chi connectivity index (χ2v) is 10.6. The van der Waals surface area contributed by atoms with Gasteiger partial charge in [0.2, 0.25) is 0 Å². The van der Waals surface area contributed by atoms with E-state index in [1.807, 2.05) is 57.0 Å². The van der Waals surface area contributed by atoms with Crippen molar-refractivity contribution in [3.8, 4) is 6.07 Å². The number of halogens is 1. The number of hydrogen-bond acceptors (Lipinski definition) is 6. The molecule has 4 aromatic rings. The Bertz CT molecular complexity index is 1600. The molecule has 38 heavy (non-hydrogen) atoms. The zero-order valence-corrected chi connectivity index (χ0v) is 23.0. The van der Waals surface area contributed by atoms with E-state index in [0.29, 0.717) is 23.2 Å². The minimum atomic E-state index is 0.102. The molecular weight excluding hydrogens is 496 g/mol. The van der Waals surface area contributed by atoms with E-state index in [9.17, 15) is 5.26 Å². The SMILES string of the molecule is CNC1CCC(N=C(C)/C(=C(\N)c2ccc3c(cnn3C)c2)c2c(Cl)c(C)cc3[nH]ncc23)CC1CC#N. The van der Waals surface area contributed by atoms with Crippen molar-refractivity contribution in [1.29, 1.82) is 5.26 Å². The predicted molar refractivity (Wildman–Crippen MR) is 155 cm³/mol. The fourth-order valence-electron chi connectivity index (χ4n) is 5.85. The number of aliphatic imine (C=N–C) groups is 1. The number of allylic oxidation sites excluding steroid dienone is 1. The number of nitrogens with two attached hydrogens (primary N) is 1. The predicted octanol–water partition coefficient (Wildman–Crippen LogP) is 5.37. The van der Waals surface area contributed by atoms with Crippen LogP contribution < -0.4 is 11.1 Å². The van der Waals surface area contributed by atoms with Gasteiger partial charge in [0.05, 0.1) is 40.6 Å². The van der Waals surface area contributed by atoms with Gasteiger partial charge in [-0.2, -0.15) is 15.5 Å². The van der Waals surface area contributed by atoms with Crippen LogP contribution in [0, 0.1) is 24.2 Å². The Balaban J connectivity index is 1.68. The van der Waals surface area contributed by atoms with Gasteiger partial charge in [-0.3, -0.25) is 14.8 Å². The Labute approximate surface area is 227 Å². The molecule has 3 atom stereocenters. The van der Waals surface area contributed by atoms with Crippen molar-refractivity contribution in [3.05, 3.63) is 58.4 Å². The monoisotopic (exact) mass is 528 g/mol. The number of nitrogens with zero attached hydrogens (tertiary/aromatic N) is 5. The van der Waals surface area contributed by atoms with Gasteiger partial charge < -0.3 is 11.1 Å². The van der Waals surface area contributed by atoms with E-state index in [0.717, 1.165) is 69.0 Å². The summed E-state index contributed by atoms with van der Waals surface area (Å²) in [6.07, 6.45) is 6.94. The van der Waals surface area contributed by atoms with Crippen LogP contribution in [0.4, 0.5) is 0 Å². The molecule has 3 unspecified atom stereocenters. The zero-order valence-electron chi connectivity index (χ0n) is 22.2. The van der Waals surface area contributed by atoms with Crippen LogP contribution in [0.2, 0.25) is 5.02 Å². The van der Waals surface area contributed by atoms with Crippen LogP contribution >= 0.6 is 11.6 Å². The summed E-state index contributed by atoms with van der Waals surface area (Å²) in [4.78, 5) is 5.22. The molecule has 1 saturated carbocycles. The molecule has 0 saturated heterocycles. The van der Waals surface area contributed by atoms with E-state index in [1.165, 1.54) is 0 Å². The highest BCUT2D eigenvalue weighted by Gasteiger charge is 2.30. The molecule has 2 heterocycles. The second kappa shape index (κ2) is 10.6. The van der Waals surface area contributed by atoms with Gasteiger partial charge in [-0.25, -0.2) is 0 Å². The number of benzene rings is 2. The number of rotatable bonds is 6. The van der Waals surface area contributed by atoms with Crippen LogP contribution in [0.25, 0.3) is 33.1 Å². The topological polar surface area (TPSA) is 121 Å². The fourth-order valence-corrected chi connectivity index (χ4v) is 6.10. The summed E-state index contributed by atoms with van der Waals surface area (Å²) >= 11 is 7.00. The van der Waals surface area contributed by atoms with Gasteiger partial charge in [0.15, 0.2) is 0 Å². The number of nitriles is 1. The second-order valence-electron chi connectivity index (χ2n) is 10.2. The van der Waals surface area contributed by atoms with Crippen LogP contribution in [-0.4, -0.2) is 44.8 Å². The number of aromatic amines is 1. The lowest BCUT2D eigenvalue weighted by molar-refractivity contribution is 0.255. The molecule has 9 heteroatoms. The minimum absolute atomic E-state index is 0.102. The average Bonchev–Trinajstić information content (AvgIpc) is 3.52. The van der Waals surface area contributed by atoms with Gasteiger partial charge in [-0.15, -0.1) is 0 Å². The van der Waals surface area contributed by atoms with Crippen molar-refractivity contribution >= 4 is 50.4 Å². The first-order chi connectivity index (χ1) is 18.3. The highest BCUT2D eigenvalue weighted by molar-refractivity contribution is 6.40. The van der Waals surface area contributed by atoms with Crippen molar-refractivity contribution in [2.45, 2.75) is 51.6 Å². The number of aromatic nitrogens is 4. The van der Waals surface area contributed by atoms with Gasteiger partial charge in [-0.05, 0) is 75.4 Å². The fraction of sp³-hybridized carbons (Fsp3) is 0.379. The molecular formula is C29H33ClN8. The summed E-state index contributed by atoms with van der Waals surface area (Å²) in [6, 6.07) is 10.9. The highest BCUT2D eigenvalue weighted by Crippen LogP contribution is 2.38. The van der Waals surface area contributed by atoms with Gasteiger partial charge in [-0.1, -0.05) is 17.7 Å². The smallest absolute Gasteiger partial charge is 0.0679 e. The number of H-pyrrole nitrogens is 1. The van der Waals surface area contributed by atoms with Crippen molar-refractivity contribution < 1.29 is 0 Å². The van der Waals surface area contributed by atoms with Crippen LogP contribution in [0.3, 0.4) is 0 Å². The van der Waals surface area contributed by atoms with E-state index in [1.54, 1.807) is 6.20 Å². The summed E-state index contributed by atoms with van der Waals surface area (Å²) in [7, 11) is 3.90. The highest BCUT2D eigenvalue weighted by atomic mass is 35.5. The van der Waals surface area contributed by atoms with Crippen LogP contribution in [0.5, 0.6) is 0 Å². The van der Waals surface area contributed by atoms with Crippen molar-refractivity contribution in [1.82, 2.24) is 25.3 Å². The van der Waals surface area contributed by atoms with Gasteiger partial charge in [0, 0.05) is 52.8 Å². The summed E-state index contributed by atoms with van der Waals surface area (Å²) in [6.45, 7) is 4.00. The summed E-state index contributed by atoms with van der Waals surface area (Å²) < 4.78 is 1.85. The largest absolute Gasteiger partial charge is 0.398 e. The zero-order chi connectivity index (χ0) is 27.0.